The summed E-state index contributed by atoms with van der Waals surface area (Å²) >= 11 is 0. The third-order valence-corrected chi connectivity index (χ3v) is 4.82. The van der Waals surface area contributed by atoms with Crippen molar-refractivity contribution in [1.29, 1.82) is 0 Å². The Hall–Kier alpha value is -3.02. The van der Waals surface area contributed by atoms with Crippen LogP contribution in [0.1, 0.15) is 32.8 Å². The van der Waals surface area contributed by atoms with Crippen LogP contribution >= 0.6 is 0 Å². The molecular weight excluding hydrogens is 368 g/mol. The SMILES string of the molecule is CCc1ccc(OCCCN2C(=O)COc3ccc(NC(=O)C(C)C)cc32)cc1. The first-order valence-electron chi connectivity index (χ1n) is 10.1. The van der Waals surface area contributed by atoms with Gasteiger partial charge < -0.3 is 19.7 Å². The van der Waals surface area contributed by atoms with E-state index in [0.29, 0.717) is 36.7 Å². The first kappa shape index (κ1) is 20.7. The van der Waals surface area contributed by atoms with Crippen molar-refractivity contribution < 1.29 is 19.1 Å². The van der Waals surface area contributed by atoms with Gasteiger partial charge in [0.05, 0.1) is 12.3 Å². The summed E-state index contributed by atoms with van der Waals surface area (Å²) in [5.74, 6) is 1.18. The summed E-state index contributed by atoms with van der Waals surface area (Å²) in [6.07, 6.45) is 1.68. The van der Waals surface area contributed by atoms with E-state index in [2.05, 4.69) is 24.4 Å². The zero-order valence-electron chi connectivity index (χ0n) is 17.2. The number of amides is 2. The van der Waals surface area contributed by atoms with Crippen molar-refractivity contribution in [3.8, 4) is 11.5 Å². The van der Waals surface area contributed by atoms with Gasteiger partial charge in [-0.3, -0.25) is 9.59 Å². The minimum Gasteiger partial charge on any atom is -0.494 e. The number of ether oxygens (including phenoxy) is 2. The lowest BCUT2D eigenvalue weighted by Crippen LogP contribution is -2.39. The van der Waals surface area contributed by atoms with Crippen LogP contribution in [0.3, 0.4) is 0 Å². The number of carbonyl (C=O) groups is 2. The first-order chi connectivity index (χ1) is 14.0. The second kappa shape index (κ2) is 9.45. The molecule has 1 N–H and O–H groups in total. The van der Waals surface area contributed by atoms with Gasteiger partial charge in [-0.1, -0.05) is 32.9 Å². The minimum atomic E-state index is -0.122. The molecule has 2 aromatic rings. The summed E-state index contributed by atoms with van der Waals surface area (Å²) in [7, 11) is 0. The molecule has 1 heterocycles. The fraction of sp³-hybridized carbons (Fsp3) is 0.391. The number of hydrogen-bond donors (Lipinski definition) is 1. The van der Waals surface area contributed by atoms with Crippen LogP contribution < -0.4 is 19.7 Å². The Morgan fingerprint density at radius 2 is 1.97 bits per heavy atom. The van der Waals surface area contributed by atoms with E-state index in [1.165, 1.54) is 5.56 Å². The van der Waals surface area contributed by atoms with Crippen molar-refractivity contribution in [2.45, 2.75) is 33.6 Å². The van der Waals surface area contributed by atoms with E-state index in [-0.39, 0.29) is 24.3 Å². The largest absolute Gasteiger partial charge is 0.494 e. The summed E-state index contributed by atoms with van der Waals surface area (Å²) in [5.41, 5.74) is 2.60. The summed E-state index contributed by atoms with van der Waals surface area (Å²) in [6.45, 7) is 6.83. The first-order valence-corrected chi connectivity index (χ1v) is 10.1. The Morgan fingerprint density at radius 1 is 1.21 bits per heavy atom. The average Bonchev–Trinajstić information content (AvgIpc) is 2.72. The van der Waals surface area contributed by atoms with Gasteiger partial charge in [0.25, 0.3) is 5.91 Å². The van der Waals surface area contributed by atoms with Gasteiger partial charge in [-0.25, -0.2) is 0 Å². The molecule has 29 heavy (non-hydrogen) atoms. The maximum absolute atomic E-state index is 12.4. The lowest BCUT2D eigenvalue weighted by Gasteiger charge is -2.30. The Bertz CT molecular complexity index is 862. The fourth-order valence-corrected chi connectivity index (χ4v) is 3.05. The highest BCUT2D eigenvalue weighted by atomic mass is 16.5. The third kappa shape index (κ3) is 5.28. The van der Waals surface area contributed by atoms with E-state index < -0.39 is 0 Å². The Kier molecular flexibility index (Phi) is 6.75. The highest BCUT2D eigenvalue weighted by Gasteiger charge is 2.25. The molecule has 0 fully saturated rings. The van der Waals surface area contributed by atoms with Gasteiger partial charge in [-0.15, -0.1) is 0 Å². The van der Waals surface area contributed by atoms with Crippen molar-refractivity contribution in [2.75, 3.05) is 30.0 Å². The Balaban J connectivity index is 1.61. The van der Waals surface area contributed by atoms with Gasteiger partial charge in [0.15, 0.2) is 6.61 Å². The van der Waals surface area contributed by atoms with Gasteiger partial charge in [0.1, 0.15) is 11.5 Å². The molecule has 2 aromatic carbocycles. The van der Waals surface area contributed by atoms with E-state index in [1.807, 2.05) is 26.0 Å². The molecule has 3 rings (SSSR count). The van der Waals surface area contributed by atoms with Crippen LogP contribution in [0.25, 0.3) is 0 Å². The summed E-state index contributed by atoms with van der Waals surface area (Å²) in [6, 6.07) is 13.4. The van der Waals surface area contributed by atoms with Crippen LogP contribution in [0.5, 0.6) is 11.5 Å². The molecule has 6 nitrogen and oxygen atoms in total. The summed E-state index contributed by atoms with van der Waals surface area (Å²) in [4.78, 5) is 26.1. The normalized spacial score (nSPS) is 13.1. The van der Waals surface area contributed by atoms with Crippen LogP contribution in [0.2, 0.25) is 0 Å². The number of aryl methyl sites for hydroxylation is 1. The molecule has 0 aromatic heterocycles. The molecule has 1 aliphatic heterocycles. The molecule has 0 atom stereocenters. The van der Waals surface area contributed by atoms with Gasteiger partial charge in [0, 0.05) is 18.2 Å². The fourth-order valence-electron chi connectivity index (χ4n) is 3.05. The van der Waals surface area contributed by atoms with Gasteiger partial charge in [-0.2, -0.15) is 0 Å². The van der Waals surface area contributed by atoms with Crippen molar-refractivity contribution >= 4 is 23.2 Å². The summed E-state index contributed by atoms with van der Waals surface area (Å²) < 4.78 is 11.3. The molecule has 0 aliphatic carbocycles. The van der Waals surface area contributed by atoms with Gasteiger partial charge in [-0.05, 0) is 48.7 Å². The second-order valence-corrected chi connectivity index (χ2v) is 7.36. The van der Waals surface area contributed by atoms with E-state index in [0.717, 1.165) is 12.2 Å². The molecular formula is C23H28N2O4. The predicted molar refractivity (Wildman–Crippen MR) is 114 cm³/mol. The molecule has 1 aliphatic rings. The van der Waals surface area contributed by atoms with Gasteiger partial charge >= 0.3 is 0 Å². The number of hydrogen-bond acceptors (Lipinski definition) is 4. The van der Waals surface area contributed by atoms with Crippen LogP contribution in [0.4, 0.5) is 11.4 Å². The smallest absolute Gasteiger partial charge is 0.265 e. The molecule has 0 spiro atoms. The van der Waals surface area contributed by atoms with Crippen LogP contribution in [-0.4, -0.2) is 31.6 Å². The molecule has 0 radical (unpaired) electrons. The maximum atomic E-state index is 12.4. The highest BCUT2D eigenvalue weighted by Crippen LogP contribution is 2.34. The van der Waals surface area contributed by atoms with Crippen molar-refractivity contribution in [1.82, 2.24) is 0 Å². The molecule has 0 unspecified atom stereocenters. The van der Waals surface area contributed by atoms with E-state index in [9.17, 15) is 9.59 Å². The number of nitrogens with zero attached hydrogens (tertiary/aromatic N) is 1. The molecule has 0 saturated carbocycles. The molecule has 154 valence electrons. The van der Waals surface area contributed by atoms with Crippen LogP contribution in [-0.2, 0) is 16.0 Å². The van der Waals surface area contributed by atoms with E-state index >= 15 is 0 Å². The standard InChI is InChI=1S/C23H28N2O4/c1-4-17-6-9-19(10-7-17)28-13-5-12-25-20-14-18(24-23(27)16(2)3)8-11-21(20)29-15-22(25)26/h6-11,14,16H,4-5,12-13,15H2,1-3H3,(H,24,27). The minimum absolute atomic E-state index is 0.0179. The van der Waals surface area contributed by atoms with Crippen molar-refractivity contribution in [2.24, 2.45) is 5.92 Å². The third-order valence-electron chi connectivity index (χ3n) is 4.82. The molecule has 0 saturated heterocycles. The molecule has 6 heteroatoms. The molecule has 0 bridgehead atoms. The average molecular weight is 396 g/mol. The lowest BCUT2D eigenvalue weighted by atomic mass is 10.1. The number of rotatable bonds is 8. The number of benzene rings is 2. The molecule has 2 amide bonds. The van der Waals surface area contributed by atoms with Crippen molar-refractivity contribution in [3.63, 3.8) is 0 Å². The summed E-state index contributed by atoms with van der Waals surface area (Å²) in [5, 5.41) is 2.87. The zero-order valence-corrected chi connectivity index (χ0v) is 17.2. The number of carbonyl (C=O) groups excluding carboxylic acids is 2. The van der Waals surface area contributed by atoms with Crippen LogP contribution in [0.15, 0.2) is 42.5 Å². The Labute approximate surface area is 171 Å². The number of nitrogens with one attached hydrogen (secondary N) is 1. The zero-order chi connectivity index (χ0) is 20.8. The number of anilines is 2. The van der Waals surface area contributed by atoms with E-state index in [1.54, 1.807) is 23.1 Å². The predicted octanol–water partition coefficient (Wildman–Crippen LogP) is 4.04. The second-order valence-electron chi connectivity index (χ2n) is 7.36. The maximum Gasteiger partial charge on any atom is 0.265 e. The van der Waals surface area contributed by atoms with Crippen LogP contribution in [0, 0.1) is 5.92 Å². The van der Waals surface area contributed by atoms with E-state index in [4.69, 9.17) is 9.47 Å². The lowest BCUT2D eigenvalue weighted by molar-refractivity contribution is -0.121. The topological polar surface area (TPSA) is 67.9 Å². The number of fused-ring (bicyclic) bond motifs is 1. The van der Waals surface area contributed by atoms with Gasteiger partial charge in [0.2, 0.25) is 5.91 Å². The quantitative estimate of drug-likeness (QED) is 0.684. The highest BCUT2D eigenvalue weighted by molar-refractivity contribution is 5.99. The van der Waals surface area contributed by atoms with Crippen molar-refractivity contribution in [3.05, 3.63) is 48.0 Å². The Morgan fingerprint density at radius 3 is 2.66 bits per heavy atom. The monoisotopic (exact) mass is 396 g/mol.